The molecule has 1 heteroatoms. The van der Waals surface area contributed by atoms with Gasteiger partial charge in [0.05, 0.1) is 0 Å². The number of hydrogen-bond donors (Lipinski definition) is 0. The fourth-order valence-corrected chi connectivity index (χ4v) is 2.16. The van der Waals surface area contributed by atoms with Gasteiger partial charge in [-0.1, -0.05) is 13.8 Å². The normalized spacial score (nSPS) is 24.8. The second kappa shape index (κ2) is 3.78. The topological polar surface area (TPSA) is 3.24 Å². The van der Waals surface area contributed by atoms with Crippen molar-refractivity contribution in [3.05, 3.63) is 0 Å². The van der Waals surface area contributed by atoms with Crippen LogP contribution in [0.2, 0.25) is 0 Å². The van der Waals surface area contributed by atoms with Crippen LogP contribution in [-0.4, -0.2) is 25.5 Å². The molecular formula is C11H23N. The summed E-state index contributed by atoms with van der Waals surface area (Å²) in [7, 11) is 4.36. The molecule has 1 saturated carbocycles. The molecule has 12 heavy (non-hydrogen) atoms. The minimum atomic E-state index is 0.628. The van der Waals surface area contributed by atoms with Crippen LogP contribution in [0.5, 0.6) is 0 Å². The van der Waals surface area contributed by atoms with Gasteiger partial charge in [0.25, 0.3) is 0 Å². The Bertz CT molecular complexity index is 128. The number of hydrogen-bond acceptors (Lipinski definition) is 1. The van der Waals surface area contributed by atoms with Crippen LogP contribution in [0.4, 0.5) is 0 Å². The van der Waals surface area contributed by atoms with Crippen molar-refractivity contribution < 1.29 is 0 Å². The van der Waals surface area contributed by atoms with Crippen LogP contribution in [0, 0.1) is 11.3 Å². The zero-order valence-electron chi connectivity index (χ0n) is 9.06. The van der Waals surface area contributed by atoms with E-state index in [1.807, 2.05) is 0 Å². The minimum absolute atomic E-state index is 0.628. The molecule has 1 rings (SSSR count). The Balaban J connectivity index is 2.27. The van der Waals surface area contributed by atoms with Crippen molar-refractivity contribution in [1.29, 1.82) is 0 Å². The molecule has 1 aliphatic rings. The number of nitrogens with zero attached hydrogens (tertiary/aromatic N) is 1. The summed E-state index contributed by atoms with van der Waals surface area (Å²) in [4.78, 5) is 2.32. The zero-order chi connectivity index (χ0) is 9.19. The van der Waals surface area contributed by atoms with Crippen LogP contribution in [0.15, 0.2) is 0 Å². The monoisotopic (exact) mass is 169 g/mol. The summed E-state index contributed by atoms with van der Waals surface area (Å²) in [5.41, 5.74) is 0.628. The fourth-order valence-electron chi connectivity index (χ4n) is 2.16. The van der Waals surface area contributed by atoms with Crippen LogP contribution in [0.3, 0.4) is 0 Å². The smallest absolute Gasteiger partial charge is 0.000356 e. The molecule has 0 atom stereocenters. The Kier molecular flexibility index (Phi) is 3.16. The maximum atomic E-state index is 2.40. The largest absolute Gasteiger partial charge is 0.309 e. The molecule has 0 aromatic heterocycles. The maximum Gasteiger partial charge on any atom is 0.000356 e. The van der Waals surface area contributed by atoms with Crippen molar-refractivity contribution in [2.45, 2.75) is 39.5 Å². The van der Waals surface area contributed by atoms with E-state index in [-0.39, 0.29) is 0 Å². The van der Waals surface area contributed by atoms with Crippen molar-refractivity contribution in [3.63, 3.8) is 0 Å². The molecule has 0 bridgehead atoms. The van der Waals surface area contributed by atoms with Gasteiger partial charge in [-0.3, -0.25) is 0 Å². The molecule has 0 saturated heterocycles. The highest BCUT2D eigenvalue weighted by Crippen LogP contribution is 2.37. The van der Waals surface area contributed by atoms with Crippen LogP contribution in [0.1, 0.15) is 39.5 Å². The van der Waals surface area contributed by atoms with Crippen molar-refractivity contribution in [2.75, 3.05) is 20.6 Å². The first-order chi connectivity index (χ1) is 5.49. The van der Waals surface area contributed by atoms with E-state index in [2.05, 4.69) is 32.8 Å². The third-order valence-electron chi connectivity index (χ3n) is 3.08. The first-order valence-electron chi connectivity index (χ1n) is 5.14. The Labute approximate surface area is 77.1 Å². The maximum absolute atomic E-state index is 2.40. The van der Waals surface area contributed by atoms with E-state index in [9.17, 15) is 0 Å². The van der Waals surface area contributed by atoms with Gasteiger partial charge in [-0.25, -0.2) is 0 Å². The standard InChI is InChI=1S/C11H23N/c1-11(2)7-5-10(6-8-11)9-12(3)4/h10H,5-9H2,1-4H3. The number of rotatable bonds is 2. The zero-order valence-corrected chi connectivity index (χ0v) is 9.06. The highest BCUT2D eigenvalue weighted by molar-refractivity contribution is 4.79. The molecule has 0 aliphatic heterocycles. The lowest BCUT2D eigenvalue weighted by atomic mass is 9.73. The fraction of sp³-hybridized carbons (Fsp3) is 1.00. The summed E-state index contributed by atoms with van der Waals surface area (Å²) in [5, 5.41) is 0. The molecule has 0 unspecified atom stereocenters. The van der Waals surface area contributed by atoms with Crippen LogP contribution < -0.4 is 0 Å². The molecule has 0 amide bonds. The molecule has 72 valence electrons. The van der Waals surface area contributed by atoms with E-state index in [4.69, 9.17) is 0 Å². The van der Waals surface area contributed by atoms with Gasteiger partial charge in [-0.2, -0.15) is 0 Å². The quantitative estimate of drug-likeness (QED) is 0.614. The van der Waals surface area contributed by atoms with Crippen molar-refractivity contribution in [2.24, 2.45) is 11.3 Å². The van der Waals surface area contributed by atoms with Crippen molar-refractivity contribution >= 4 is 0 Å². The lowest BCUT2D eigenvalue weighted by Gasteiger charge is -2.35. The summed E-state index contributed by atoms with van der Waals surface area (Å²) in [6.07, 6.45) is 5.72. The molecule has 0 aromatic carbocycles. The predicted octanol–water partition coefficient (Wildman–Crippen LogP) is 2.76. The predicted molar refractivity (Wildman–Crippen MR) is 54.3 cm³/mol. The SMILES string of the molecule is CN(C)CC1CCC(C)(C)CC1. The van der Waals surface area contributed by atoms with Crippen molar-refractivity contribution in [1.82, 2.24) is 4.90 Å². The Morgan fingerprint density at radius 2 is 1.67 bits per heavy atom. The highest BCUT2D eigenvalue weighted by Gasteiger charge is 2.26. The van der Waals surface area contributed by atoms with Crippen LogP contribution in [-0.2, 0) is 0 Å². The van der Waals surface area contributed by atoms with Gasteiger partial charge in [0, 0.05) is 6.54 Å². The second-order valence-corrected chi connectivity index (χ2v) is 5.37. The summed E-state index contributed by atoms with van der Waals surface area (Å²) < 4.78 is 0. The van der Waals surface area contributed by atoms with Gasteiger partial charge in [0.2, 0.25) is 0 Å². The van der Waals surface area contributed by atoms with Crippen LogP contribution in [0.25, 0.3) is 0 Å². The first kappa shape index (κ1) is 10.0. The van der Waals surface area contributed by atoms with Gasteiger partial charge in [0.15, 0.2) is 0 Å². The first-order valence-corrected chi connectivity index (χ1v) is 5.14. The van der Waals surface area contributed by atoms with E-state index < -0.39 is 0 Å². The van der Waals surface area contributed by atoms with E-state index in [0.29, 0.717) is 5.41 Å². The second-order valence-electron chi connectivity index (χ2n) is 5.37. The molecule has 1 fully saturated rings. The van der Waals surface area contributed by atoms with E-state index in [1.165, 1.54) is 32.2 Å². The molecule has 0 heterocycles. The molecule has 0 aromatic rings. The summed E-state index contributed by atoms with van der Waals surface area (Å²) in [6, 6.07) is 0. The average molecular weight is 169 g/mol. The highest BCUT2D eigenvalue weighted by atomic mass is 15.1. The third kappa shape index (κ3) is 3.14. The molecule has 1 aliphatic carbocycles. The third-order valence-corrected chi connectivity index (χ3v) is 3.08. The van der Waals surface area contributed by atoms with Crippen molar-refractivity contribution in [3.8, 4) is 0 Å². The summed E-state index contributed by atoms with van der Waals surface area (Å²) in [5.74, 6) is 0.966. The molecule has 1 nitrogen and oxygen atoms in total. The average Bonchev–Trinajstić information content (AvgIpc) is 1.93. The Morgan fingerprint density at radius 3 is 2.08 bits per heavy atom. The molecule has 0 N–H and O–H groups in total. The van der Waals surface area contributed by atoms with E-state index in [0.717, 1.165) is 5.92 Å². The molecule has 0 spiro atoms. The summed E-state index contributed by atoms with van der Waals surface area (Å²) in [6.45, 7) is 6.09. The summed E-state index contributed by atoms with van der Waals surface area (Å²) >= 11 is 0. The molecular weight excluding hydrogens is 146 g/mol. The molecule has 0 radical (unpaired) electrons. The van der Waals surface area contributed by atoms with Gasteiger partial charge in [-0.05, 0) is 51.1 Å². The van der Waals surface area contributed by atoms with Gasteiger partial charge >= 0.3 is 0 Å². The lowest BCUT2D eigenvalue weighted by molar-refractivity contribution is 0.166. The van der Waals surface area contributed by atoms with Gasteiger partial charge in [0.1, 0.15) is 0 Å². The minimum Gasteiger partial charge on any atom is -0.309 e. The Morgan fingerprint density at radius 1 is 1.17 bits per heavy atom. The van der Waals surface area contributed by atoms with Gasteiger partial charge < -0.3 is 4.90 Å². The van der Waals surface area contributed by atoms with Gasteiger partial charge in [-0.15, -0.1) is 0 Å². The lowest BCUT2D eigenvalue weighted by Crippen LogP contribution is -2.28. The Hall–Kier alpha value is -0.0400. The van der Waals surface area contributed by atoms with E-state index >= 15 is 0 Å². The van der Waals surface area contributed by atoms with E-state index in [1.54, 1.807) is 0 Å². The van der Waals surface area contributed by atoms with Crippen LogP contribution >= 0.6 is 0 Å².